The van der Waals surface area contributed by atoms with Gasteiger partial charge in [0.25, 0.3) is 5.91 Å². The molecule has 0 saturated heterocycles. The Hall–Kier alpha value is -0.350. The van der Waals surface area contributed by atoms with Gasteiger partial charge in [0.05, 0.1) is 5.69 Å². The third kappa shape index (κ3) is 2.26. The van der Waals surface area contributed by atoms with E-state index in [-0.39, 0.29) is 9.40 Å². The third-order valence-electron chi connectivity index (χ3n) is 1.76. The molecule has 0 aromatic heterocycles. The highest BCUT2D eigenvalue weighted by molar-refractivity contribution is 8.04. The van der Waals surface area contributed by atoms with Crippen LogP contribution in [0.5, 0.6) is 0 Å². The van der Waals surface area contributed by atoms with E-state index in [4.69, 9.17) is 34.8 Å². The molecule has 1 aromatic carbocycles. The molecule has 2 nitrogen and oxygen atoms in total. The zero-order valence-electron chi connectivity index (χ0n) is 7.18. The number of thioether (sulfide) groups is 1. The minimum atomic E-state index is -0.421. The SMILES string of the molecule is O=C1Nc2cc(Cl)ccc2SC(Cl)=C1Cl. The van der Waals surface area contributed by atoms with Crippen LogP contribution in [-0.2, 0) is 4.79 Å². The lowest BCUT2D eigenvalue weighted by Gasteiger charge is -2.05. The fraction of sp³-hybridized carbons (Fsp3) is 0. The fourth-order valence-corrected chi connectivity index (χ4v) is 2.50. The van der Waals surface area contributed by atoms with Crippen molar-refractivity contribution in [2.24, 2.45) is 0 Å². The number of carbonyl (C=O) groups is 1. The molecule has 78 valence electrons. The van der Waals surface area contributed by atoms with E-state index in [2.05, 4.69) is 5.32 Å². The van der Waals surface area contributed by atoms with Gasteiger partial charge in [-0.2, -0.15) is 0 Å². The van der Waals surface area contributed by atoms with Gasteiger partial charge in [0.15, 0.2) is 0 Å². The second kappa shape index (κ2) is 4.26. The van der Waals surface area contributed by atoms with Crippen LogP contribution in [0.15, 0.2) is 32.5 Å². The number of benzene rings is 1. The summed E-state index contributed by atoms with van der Waals surface area (Å²) < 4.78 is 0.259. The van der Waals surface area contributed by atoms with Crippen molar-refractivity contribution in [3.63, 3.8) is 0 Å². The molecule has 6 heteroatoms. The Labute approximate surface area is 106 Å². The van der Waals surface area contributed by atoms with Crippen LogP contribution in [0.2, 0.25) is 5.02 Å². The van der Waals surface area contributed by atoms with E-state index in [1.54, 1.807) is 18.2 Å². The monoisotopic (exact) mass is 279 g/mol. The van der Waals surface area contributed by atoms with Crippen LogP contribution in [0.25, 0.3) is 0 Å². The van der Waals surface area contributed by atoms with E-state index in [9.17, 15) is 4.79 Å². The Balaban J connectivity index is 2.51. The van der Waals surface area contributed by atoms with Crippen LogP contribution >= 0.6 is 46.6 Å². The van der Waals surface area contributed by atoms with Crippen molar-refractivity contribution in [2.75, 3.05) is 5.32 Å². The third-order valence-corrected chi connectivity index (χ3v) is 3.95. The Kier molecular flexibility index (Phi) is 3.16. The van der Waals surface area contributed by atoms with Crippen molar-refractivity contribution in [2.45, 2.75) is 4.90 Å². The topological polar surface area (TPSA) is 29.1 Å². The largest absolute Gasteiger partial charge is 0.320 e. The zero-order chi connectivity index (χ0) is 11.0. The predicted octanol–water partition coefficient (Wildman–Crippen LogP) is 4.03. The number of halogens is 3. The number of rotatable bonds is 0. The summed E-state index contributed by atoms with van der Waals surface area (Å²) in [5.74, 6) is -0.421. The molecular formula is C9H4Cl3NOS. The molecule has 0 atom stereocenters. The summed E-state index contributed by atoms with van der Waals surface area (Å²) in [4.78, 5) is 12.3. The van der Waals surface area contributed by atoms with E-state index in [1.165, 1.54) is 11.8 Å². The van der Waals surface area contributed by atoms with Crippen molar-refractivity contribution >= 4 is 58.2 Å². The smallest absolute Gasteiger partial charge is 0.269 e. The van der Waals surface area contributed by atoms with Crippen molar-refractivity contribution in [1.82, 2.24) is 0 Å². The summed E-state index contributed by atoms with van der Waals surface area (Å²) in [6.45, 7) is 0. The van der Waals surface area contributed by atoms with E-state index in [0.717, 1.165) is 4.90 Å². The summed E-state index contributed by atoms with van der Waals surface area (Å²) >= 11 is 18.6. The summed E-state index contributed by atoms with van der Waals surface area (Å²) in [5.41, 5.74) is 0.617. The first-order chi connectivity index (χ1) is 7.08. The summed E-state index contributed by atoms with van der Waals surface area (Å²) in [5, 5.41) is 3.16. The quantitative estimate of drug-likeness (QED) is 0.777. The van der Waals surface area contributed by atoms with Gasteiger partial charge in [-0.15, -0.1) is 0 Å². The lowest BCUT2D eigenvalue weighted by Crippen LogP contribution is -2.10. The van der Waals surface area contributed by atoms with Crippen molar-refractivity contribution < 1.29 is 4.79 Å². The van der Waals surface area contributed by atoms with Gasteiger partial charge >= 0.3 is 0 Å². The Bertz CT molecular complexity index is 472. The summed E-state index contributed by atoms with van der Waals surface area (Å²) in [6, 6.07) is 5.16. The standard InChI is InChI=1S/C9H4Cl3NOS/c10-4-1-2-6-5(3-4)13-9(14)7(11)8(12)15-6/h1-3H,(H,13,14). The maximum Gasteiger partial charge on any atom is 0.269 e. The molecular weight excluding hydrogens is 277 g/mol. The van der Waals surface area contributed by atoms with Gasteiger partial charge in [0.2, 0.25) is 0 Å². The molecule has 0 saturated carbocycles. The maximum absolute atomic E-state index is 11.5. The van der Waals surface area contributed by atoms with E-state index in [0.29, 0.717) is 10.7 Å². The van der Waals surface area contributed by atoms with Crippen LogP contribution in [0.4, 0.5) is 5.69 Å². The normalized spacial score (nSPS) is 15.8. The van der Waals surface area contributed by atoms with Gasteiger partial charge in [-0.05, 0) is 18.2 Å². The van der Waals surface area contributed by atoms with Crippen LogP contribution < -0.4 is 5.32 Å². The molecule has 0 radical (unpaired) electrons. The van der Waals surface area contributed by atoms with Gasteiger partial charge in [-0.25, -0.2) is 0 Å². The number of amides is 1. The molecule has 15 heavy (non-hydrogen) atoms. The first kappa shape index (κ1) is 11.1. The van der Waals surface area contributed by atoms with Crippen LogP contribution in [0, 0.1) is 0 Å². The van der Waals surface area contributed by atoms with Crippen molar-refractivity contribution in [3.05, 3.63) is 32.6 Å². The first-order valence-electron chi connectivity index (χ1n) is 3.92. The van der Waals surface area contributed by atoms with E-state index < -0.39 is 5.91 Å². The average Bonchev–Trinajstić information content (AvgIpc) is 2.29. The van der Waals surface area contributed by atoms with Gasteiger partial charge in [-0.1, -0.05) is 46.6 Å². The molecule has 1 aliphatic heterocycles. The zero-order valence-corrected chi connectivity index (χ0v) is 10.3. The second-order valence-corrected chi connectivity index (χ2v) is 5.25. The lowest BCUT2D eigenvalue weighted by molar-refractivity contribution is -0.112. The summed E-state index contributed by atoms with van der Waals surface area (Å²) in [6.07, 6.45) is 0. The van der Waals surface area contributed by atoms with E-state index >= 15 is 0 Å². The Morgan fingerprint density at radius 3 is 2.67 bits per heavy atom. The fourth-order valence-electron chi connectivity index (χ4n) is 1.10. The number of carbonyl (C=O) groups excluding carboxylic acids is 1. The molecule has 0 spiro atoms. The van der Waals surface area contributed by atoms with Gasteiger partial charge in [-0.3, -0.25) is 4.79 Å². The van der Waals surface area contributed by atoms with Crippen molar-refractivity contribution in [3.8, 4) is 0 Å². The highest BCUT2D eigenvalue weighted by Crippen LogP contribution is 2.41. The Morgan fingerprint density at radius 1 is 1.20 bits per heavy atom. The van der Waals surface area contributed by atoms with Crippen LogP contribution in [0.1, 0.15) is 0 Å². The number of hydrogen-bond acceptors (Lipinski definition) is 2. The molecule has 0 unspecified atom stereocenters. The minimum absolute atomic E-state index is 0.00557. The molecule has 0 aliphatic carbocycles. The maximum atomic E-state index is 11.5. The average molecular weight is 281 g/mol. The molecule has 2 rings (SSSR count). The molecule has 0 fully saturated rings. The second-order valence-electron chi connectivity index (χ2n) is 2.78. The molecule has 1 amide bonds. The molecule has 0 bridgehead atoms. The van der Waals surface area contributed by atoms with Crippen molar-refractivity contribution in [1.29, 1.82) is 0 Å². The molecule has 1 heterocycles. The number of anilines is 1. The predicted molar refractivity (Wildman–Crippen MR) is 64.7 cm³/mol. The molecule has 1 aromatic rings. The van der Waals surface area contributed by atoms with Gasteiger partial charge in [0, 0.05) is 9.92 Å². The Morgan fingerprint density at radius 2 is 1.93 bits per heavy atom. The molecule has 1 N–H and O–H groups in total. The van der Waals surface area contributed by atoms with Gasteiger partial charge < -0.3 is 5.32 Å². The number of nitrogens with one attached hydrogen (secondary N) is 1. The number of hydrogen-bond donors (Lipinski definition) is 1. The number of fused-ring (bicyclic) bond motifs is 1. The highest BCUT2D eigenvalue weighted by Gasteiger charge is 2.20. The van der Waals surface area contributed by atoms with Gasteiger partial charge in [0.1, 0.15) is 9.40 Å². The van der Waals surface area contributed by atoms with Crippen LogP contribution in [0.3, 0.4) is 0 Å². The van der Waals surface area contributed by atoms with E-state index in [1.807, 2.05) is 0 Å². The molecule has 1 aliphatic rings. The van der Waals surface area contributed by atoms with Crippen LogP contribution in [-0.4, -0.2) is 5.91 Å². The first-order valence-corrected chi connectivity index (χ1v) is 5.87. The highest BCUT2D eigenvalue weighted by atomic mass is 35.5. The minimum Gasteiger partial charge on any atom is -0.320 e. The summed E-state index contributed by atoms with van der Waals surface area (Å²) in [7, 11) is 0. The lowest BCUT2D eigenvalue weighted by atomic mass is 10.3.